The number of fused-ring (bicyclic) bond motifs is 4. The largest absolute Gasteiger partial charge is 0.505 e. The van der Waals surface area contributed by atoms with Gasteiger partial charge < -0.3 is 5.11 Å². The van der Waals surface area contributed by atoms with Crippen LogP contribution < -0.4 is 0 Å². The predicted molar refractivity (Wildman–Crippen MR) is 150 cm³/mol. The Morgan fingerprint density at radius 2 is 1.26 bits per heavy atom. The lowest BCUT2D eigenvalue weighted by molar-refractivity contribution is -0.142. The molecule has 0 aromatic heterocycles. The summed E-state index contributed by atoms with van der Waals surface area (Å²) in [5.41, 5.74) is 2.93. The fourth-order valence-corrected chi connectivity index (χ4v) is 7.65. The van der Waals surface area contributed by atoms with E-state index in [2.05, 4.69) is 0 Å². The highest BCUT2D eigenvalue weighted by molar-refractivity contribution is 6.08. The number of phenolic OH excluding ortho intramolecular Hbond substituents is 1. The van der Waals surface area contributed by atoms with Crippen molar-refractivity contribution in [3.63, 3.8) is 0 Å². The number of imide groups is 2. The smallest absolute Gasteiger partial charge is 0.234 e. The van der Waals surface area contributed by atoms with E-state index in [0.29, 0.717) is 12.0 Å². The summed E-state index contributed by atoms with van der Waals surface area (Å²) in [4.78, 5) is 57.9. The molecule has 0 unspecified atom stereocenters. The number of allylic oxidation sites excluding steroid dienone is 2. The third-order valence-corrected chi connectivity index (χ3v) is 9.53. The van der Waals surface area contributed by atoms with E-state index in [1.54, 1.807) is 6.07 Å². The molecule has 3 fully saturated rings. The standard InChI is InChI=1S/C34H29FN2O5/c35-26-15-21(11-14-27(26)38)28-22-12-13-23-29(33(41)36(31(23)39)17-19-7-3-1-4-8-19)24(22)16-25-30(28)34(42)37(32(25)40)18-20-9-5-2-6-10-20/h1-12,14-15,23-25,28-30,38H,13,16-18H2/t23-,24+,25+,28-,29-,30+/m0/s1. The average Bonchev–Trinajstić information content (AvgIpc) is 3.38. The van der Waals surface area contributed by atoms with Gasteiger partial charge in [-0.15, -0.1) is 0 Å². The Morgan fingerprint density at radius 3 is 1.86 bits per heavy atom. The minimum atomic E-state index is -0.820. The number of halogens is 1. The fourth-order valence-electron chi connectivity index (χ4n) is 7.65. The van der Waals surface area contributed by atoms with E-state index >= 15 is 0 Å². The number of likely N-dealkylation sites (tertiary alicyclic amines) is 2. The van der Waals surface area contributed by atoms with Gasteiger partial charge in [0.1, 0.15) is 0 Å². The van der Waals surface area contributed by atoms with Crippen LogP contribution in [0.2, 0.25) is 0 Å². The Hall–Kier alpha value is -4.59. The first-order chi connectivity index (χ1) is 20.3. The van der Waals surface area contributed by atoms with Crippen molar-refractivity contribution in [1.82, 2.24) is 9.80 Å². The van der Waals surface area contributed by atoms with Crippen molar-refractivity contribution in [1.29, 1.82) is 0 Å². The number of rotatable bonds is 5. The van der Waals surface area contributed by atoms with Crippen molar-refractivity contribution >= 4 is 23.6 Å². The number of hydrogen-bond donors (Lipinski definition) is 1. The van der Waals surface area contributed by atoms with Crippen LogP contribution in [0, 0.1) is 35.4 Å². The second-order valence-electron chi connectivity index (χ2n) is 11.7. The quantitative estimate of drug-likeness (QED) is 0.362. The number of carbonyl (C=O) groups excluding carboxylic acids is 4. The molecule has 4 aliphatic rings. The lowest BCUT2D eigenvalue weighted by atomic mass is 9.57. The van der Waals surface area contributed by atoms with Crippen LogP contribution in [-0.4, -0.2) is 38.5 Å². The molecule has 1 saturated carbocycles. The first-order valence-electron chi connectivity index (χ1n) is 14.3. The van der Waals surface area contributed by atoms with E-state index in [4.69, 9.17) is 0 Å². The molecule has 7 rings (SSSR count). The first kappa shape index (κ1) is 26.3. The highest BCUT2D eigenvalue weighted by Gasteiger charge is 2.61. The van der Waals surface area contributed by atoms with Crippen molar-refractivity contribution in [2.45, 2.75) is 31.8 Å². The van der Waals surface area contributed by atoms with E-state index in [9.17, 15) is 28.7 Å². The lowest BCUT2D eigenvalue weighted by Crippen LogP contribution is -2.43. The molecule has 2 heterocycles. The van der Waals surface area contributed by atoms with Crippen molar-refractivity contribution in [2.75, 3.05) is 0 Å². The zero-order valence-electron chi connectivity index (χ0n) is 22.7. The SMILES string of the molecule is O=C1[C@H]2[C@H](CC=C3[C@H]2C[C@H]2C(=O)N(Cc4ccccc4)C(=O)[C@H]2[C@H]3c2ccc(O)c(F)c2)C(=O)N1Cc1ccccc1. The van der Waals surface area contributed by atoms with Crippen molar-refractivity contribution < 1.29 is 28.7 Å². The molecule has 4 amide bonds. The summed E-state index contributed by atoms with van der Waals surface area (Å²) in [7, 11) is 0. The zero-order valence-corrected chi connectivity index (χ0v) is 22.7. The van der Waals surface area contributed by atoms with Crippen LogP contribution in [0.1, 0.15) is 35.4 Å². The molecule has 42 heavy (non-hydrogen) atoms. The van der Waals surface area contributed by atoms with E-state index < -0.39 is 47.1 Å². The number of benzene rings is 3. The molecule has 212 valence electrons. The number of carbonyl (C=O) groups is 4. The molecule has 0 bridgehead atoms. The monoisotopic (exact) mass is 564 g/mol. The van der Waals surface area contributed by atoms with E-state index in [1.165, 1.54) is 21.9 Å². The number of hydrogen-bond acceptors (Lipinski definition) is 5. The maximum atomic E-state index is 14.7. The van der Waals surface area contributed by atoms with Crippen molar-refractivity contribution in [3.05, 3.63) is 113 Å². The van der Waals surface area contributed by atoms with Gasteiger partial charge in [-0.1, -0.05) is 78.4 Å². The summed E-state index contributed by atoms with van der Waals surface area (Å²) in [5, 5.41) is 9.89. The molecular formula is C34H29FN2O5. The van der Waals surface area contributed by atoms with Crippen molar-refractivity contribution in [3.8, 4) is 5.75 Å². The van der Waals surface area contributed by atoms with Crippen LogP contribution in [0.15, 0.2) is 90.5 Å². The second-order valence-corrected chi connectivity index (χ2v) is 11.7. The van der Waals surface area contributed by atoms with Gasteiger partial charge in [-0.25, -0.2) is 4.39 Å². The third kappa shape index (κ3) is 4.08. The molecule has 2 aliphatic heterocycles. The van der Waals surface area contributed by atoms with Gasteiger partial charge in [-0.2, -0.15) is 0 Å². The summed E-state index contributed by atoms with van der Waals surface area (Å²) in [6, 6.07) is 22.7. The van der Waals surface area contributed by atoms with Crippen LogP contribution in [0.4, 0.5) is 4.39 Å². The Balaban J connectivity index is 1.28. The highest BCUT2D eigenvalue weighted by atomic mass is 19.1. The molecule has 6 atom stereocenters. The molecule has 0 spiro atoms. The molecule has 2 aliphatic carbocycles. The molecule has 2 saturated heterocycles. The van der Waals surface area contributed by atoms with Gasteiger partial charge in [0.15, 0.2) is 11.6 Å². The summed E-state index contributed by atoms with van der Waals surface area (Å²) < 4.78 is 14.7. The Bertz CT molecular complexity index is 1640. The van der Waals surface area contributed by atoms with Gasteiger partial charge >= 0.3 is 0 Å². The van der Waals surface area contributed by atoms with E-state index in [0.717, 1.165) is 16.7 Å². The third-order valence-electron chi connectivity index (χ3n) is 9.53. The van der Waals surface area contributed by atoms with Gasteiger partial charge in [-0.05, 0) is 47.6 Å². The molecule has 3 aromatic rings. The maximum Gasteiger partial charge on any atom is 0.234 e. The fraction of sp³-hybridized carbons (Fsp3) is 0.294. The van der Waals surface area contributed by atoms with E-state index in [-0.39, 0.29) is 43.1 Å². The summed E-state index contributed by atoms with van der Waals surface area (Å²) in [6.07, 6.45) is 2.53. The molecule has 3 aromatic carbocycles. The summed E-state index contributed by atoms with van der Waals surface area (Å²) in [6.45, 7) is 0.300. The molecule has 8 heteroatoms. The van der Waals surface area contributed by atoms with Crippen LogP contribution in [0.5, 0.6) is 5.75 Å². The normalized spacial score (nSPS) is 28.5. The lowest BCUT2D eigenvalue weighted by Gasteiger charge is -2.44. The molecular weight excluding hydrogens is 535 g/mol. The average molecular weight is 565 g/mol. The second kappa shape index (κ2) is 10.0. The minimum absolute atomic E-state index is 0.125. The highest BCUT2D eigenvalue weighted by Crippen LogP contribution is 2.58. The van der Waals surface area contributed by atoms with Gasteiger partial charge in [-0.3, -0.25) is 29.0 Å². The van der Waals surface area contributed by atoms with E-state index in [1.807, 2.05) is 66.7 Å². The van der Waals surface area contributed by atoms with Gasteiger partial charge in [0.2, 0.25) is 23.6 Å². The van der Waals surface area contributed by atoms with Crippen LogP contribution in [-0.2, 0) is 32.3 Å². The molecule has 1 N–H and O–H groups in total. The van der Waals surface area contributed by atoms with Crippen LogP contribution in [0.3, 0.4) is 0 Å². The molecule has 0 radical (unpaired) electrons. The zero-order chi connectivity index (χ0) is 29.1. The predicted octanol–water partition coefficient (Wildman–Crippen LogP) is 4.57. The topological polar surface area (TPSA) is 95.0 Å². The van der Waals surface area contributed by atoms with Gasteiger partial charge in [0, 0.05) is 5.92 Å². The van der Waals surface area contributed by atoms with Crippen molar-refractivity contribution in [2.24, 2.45) is 29.6 Å². The number of phenols is 1. The number of aromatic hydroxyl groups is 1. The number of amides is 4. The Labute approximate surface area is 242 Å². The van der Waals surface area contributed by atoms with Gasteiger partial charge in [0.05, 0.1) is 36.8 Å². The van der Waals surface area contributed by atoms with Gasteiger partial charge in [0.25, 0.3) is 0 Å². The minimum Gasteiger partial charge on any atom is -0.505 e. The summed E-state index contributed by atoms with van der Waals surface area (Å²) in [5.74, 6) is -6.24. The number of nitrogens with zero attached hydrogens (tertiary/aromatic N) is 2. The first-order valence-corrected chi connectivity index (χ1v) is 14.3. The van der Waals surface area contributed by atoms with Crippen LogP contribution in [0.25, 0.3) is 0 Å². The molecule has 7 nitrogen and oxygen atoms in total. The summed E-state index contributed by atoms with van der Waals surface area (Å²) >= 11 is 0. The van der Waals surface area contributed by atoms with Crippen LogP contribution >= 0.6 is 0 Å². The Morgan fingerprint density at radius 1 is 0.690 bits per heavy atom. The Kier molecular flexibility index (Phi) is 6.30. The maximum absolute atomic E-state index is 14.7.